The van der Waals surface area contributed by atoms with Crippen LogP contribution < -0.4 is 56.5 Å². The van der Waals surface area contributed by atoms with Crippen LogP contribution in [0, 0.1) is 11.8 Å². The molecule has 0 radical (unpaired) electrons. The number of carboxylic acids is 1. The van der Waals surface area contributed by atoms with Crippen molar-refractivity contribution in [3.05, 3.63) is 35.2 Å². The molecule has 0 spiro atoms. The second-order valence-electron chi connectivity index (χ2n) is 5.32. The van der Waals surface area contributed by atoms with Crippen molar-refractivity contribution in [2.24, 2.45) is 11.8 Å². The molecule has 106 valence electrons. The molecular weight excluding hydrogens is 313 g/mol. The van der Waals surface area contributed by atoms with Crippen LogP contribution in [0.3, 0.4) is 0 Å². The van der Waals surface area contributed by atoms with Gasteiger partial charge in [0.05, 0.1) is 0 Å². The number of aliphatic hydroxyl groups excluding tert-OH is 1. The first-order valence-electron chi connectivity index (χ1n) is 6.68. The van der Waals surface area contributed by atoms with Crippen LogP contribution in [-0.4, -0.2) is 35.7 Å². The molecule has 0 unspecified atom stereocenters. The first kappa shape index (κ1) is 17.6. The Bertz CT molecular complexity index is 630. The number of nitrogens with zero attached hydrogens (tertiary/aromatic N) is 1. The molecule has 2 aromatic rings. The summed E-state index contributed by atoms with van der Waals surface area (Å²) < 4.78 is 1.25. The molecule has 1 aliphatic heterocycles. The molecule has 1 saturated heterocycles. The predicted octanol–water partition coefficient (Wildman–Crippen LogP) is -2.30. The number of aliphatic carboxylic acids is 1. The summed E-state index contributed by atoms with van der Waals surface area (Å²) in [7, 11) is 0. The number of carboxylic acid groups (broad SMARTS) is 1. The Morgan fingerprint density at radius 3 is 2.86 bits per heavy atom. The van der Waals surface area contributed by atoms with Crippen LogP contribution in [0.2, 0.25) is 0 Å². The van der Waals surface area contributed by atoms with E-state index in [0.29, 0.717) is 13.1 Å². The summed E-state index contributed by atoms with van der Waals surface area (Å²) in [6, 6.07) is 8.28. The van der Waals surface area contributed by atoms with Gasteiger partial charge in [0.15, 0.2) is 0 Å². The SMILES string of the molecule is O=C([O-])[C@H]1CN(Cc2cccc3ccsc23)C[C@H]1CO.[K+]. The van der Waals surface area contributed by atoms with E-state index in [2.05, 4.69) is 28.5 Å². The maximum absolute atomic E-state index is 11.1. The third kappa shape index (κ3) is 3.76. The van der Waals surface area contributed by atoms with Crippen molar-refractivity contribution >= 4 is 27.4 Å². The zero-order valence-electron chi connectivity index (χ0n) is 12.0. The van der Waals surface area contributed by atoms with Crippen LogP contribution >= 0.6 is 11.3 Å². The predicted molar refractivity (Wildman–Crippen MR) is 76.2 cm³/mol. The van der Waals surface area contributed by atoms with Gasteiger partial charge in [0.25, 0.3) is 0 Å². The van der Waals surface area contributed by atoms with E-state index >= 15 is 0 Å². The zero-order valence-corrected chi connectivity index (χ0v) is 15.9. The third-order valence-electron chi connectivity index (χ3n) is 4.01. The fourth-order valence-corrected chi connectivity index (χ4v) is 3.87. The van der Waals surface area contributed by atoms with E-state index in [9.17, 15) is 15.0 Å². The van der Waals surface area contributed by atoms with Gasteiger partial charge in [0.2, 0.25) is 0 Å². The molecule has 21 heavy (non-hydrogen) atoms. The minimum atomic E-state index is -1.05. The number of carbonyl (C=O) groups is 1. The number of benzene rings is 1. The number of hydrogen-bond donors (Lipinski definition) is 1. The van der Waals surface area contributed by atoms with Crippen LogP contribution in [0.25, 0.3) is 10.1 Å². The van der Waals surface area contributed by atoms with Crippen molar-refractivity contribution in [2.75, 3.05) is 19.7 Å². The quantitative estimate of drug-likeness (QED) is 0.641. The second kappa shape index (κ2) is 7.65. The van der Waals surface area contributed by atoms with Gasteiger partial charge in [-0.2, -0.15) is 0 Å². The Labute approximate surface area is 170 Å². The summed E-state index contributed by atoms with van der Waals surface area (Å²) in [5, 5.41) is 23.7. The van der Waals surface area contributed by atoms with E-state index in [1.807, 2.05) is 6.07 Å². The Kier molecular flexibility index (Phi) is 6.40. The van der Waals surface area contributed by atoms with Crippen LogP contribution in [0.15, 0.2) is 29.6 Å². The minimum absolute atomic E-state index is 0. The smallest absolute Gasteiger partial charge is 0.550 e. The van der Waals surface area contributed by atoms with Gasteiger partial charge in [-0.05, 0) is 22.4 Å². The number of thiophene rings is 1. The van der Waals surface area contributed by atoms with Gasteiger partial charge in [-0.3, -0.25) is 4.90 Å². The minimum Gasteiger partial charge on any atom is -0.550 e. The van der Waals surface area contributed by atoms with Crippen molar-refractivity contribution in [1.82, 2.24) is 4.90 Å². The molecule has 6 heteroatoms. The van der Waals surface area contributed by atoms with E-state index in [1.165, 1.54) is 15.6 Å². The fourth-order valence-electron chi connectivity index (χ4n) is 2.96. The molecule has 0 saturated carbocycles. The van der Waals surface area contributed by atoms with E-state index in [4.69, 9.17) is 0 Å². The van der Waals surface area contributed by atoms with Gasteiger partial charge >= 0.3 is 51.4 Å². The Morgan fingerprint density at radius 1 is 1.38 bits per heavy atom. The van der Waals surface area contributed by atoms with Gasteiger partial charge in [-0.25, -0.2) is 0 Å². The second-order valence-corrected chi connectivity index (χ2v) is 6.23. The third-order valence-corrected chi connectivity index (χ3v) is 5.01. The van der Waals surface area contributed by atoms with Crippen LogP contribution in [0.1, 0.15) is 5.56 Å². The standard InChI is InChI=1S/C15H17NO3S.K/c17-9-12-7-16(8-13(12)15(18)19)6-11-3-1-2-10-4-5-20-14(10)11;/h1-5,12-13,17H,6-9H2,(H,18,19);/q;+1/p-1/t12-,13-;/m0./s1. The van der Waals surface area contributed by atoms with Crippen molar-refractivity contribution < 1.29 is 66.4 Å². The molecule has 0 bridgehead atoms. The summed E-state index contributed by atoms with van der Waals surface area (Å²) in [4.78, 5) is 13.2. The Balaban J connectivity index is 0.00000161. The number of hydrogen-bond acceptors (Lipinski definition) is 5. The average molecular weight is 329 g/mol. The molecule has 1 N–H and O–H groups in total. The van der Waals surface area contributed by atoms with Crippen molar-refractivity contribution in [3.63, 3.8) is 0 Å². The molecule has 0 amide bonds. The maximum atomic E-state index is 11.1. The number of fused-ring (bicyclic) bond motifs is 1. The number of aliphatic hydroxyl groups is 1. The van der Waals surface area contributed by atoms with Crippen LogP contribution in [-0.2, 0) is 11.3 Å². The van der Waals surface area contributed by atoms with Crippen LogP contribution in [0.4, 0.5) is 0 Å². The van der Waals surface area contributed by atoms with E-state index in [1.54, 1.807) is 11.3 Å². The summed E-state index contributed by atoms with van der Waals surface area (Å²) in [5.74, 6) is -1.84. The molecule has 1 aromatic carbocycles. The fraction of sp³-hybridized carbons (Fsp3) is 0.400. The molecule has 0 aliphatic carbocycles. The number of rotatable bonds is 4. The molecule has 2 heterocycles. The van der Waals surface area contributed by atoms with Crippen molar-refractivity contribution in [2.45, 2.75) is 6.54 Å². The monoisotopic (exact) mass is 329 g/mol. The molecule has 1 aliphatic rings. The summed E-state index contributed by atoms with van der Waals surface area (Å²) in [5.41, 5.74) is 1.22. The molecule has 1 fully saturated rings. The van der Waals surface area contributed by atoms with Crippen molar-refractivity contribution in [3.8, 4) is 0 Å². The van der Waals surface area contributed by atoms with Gasteiger partial charge in [0, 0.05) is 48.7 Å². The van der Waals surface area contributed by atoms with E-state index in [-0.39, 0.29) is 63.9 Å². The first-order chi connectivity index (χ1) is 9.69. The maximum Gasteiger partial charge on any atom is 1.00 e. The van der Waals surface area contributed by atoms with Gasteiger partial charge in [0.1, 0.15) is 0 Å². The Hall–Kier alpha value is 0.206. The normalized spacial score (nSPS) is 22.3. The number of likely N-dealkylation sites (tertiary alicyclic amines) is 1. The molecule has 4 nitrogen and oxygen atoms in total. The first-order valence-corrected chi connectivity index (χ1v) is 7.56. The number of carbonyl (C=O) groups excluding carboxylic acids is 1. The topological polar surface area (TPSA) is 63.6 Å². The summed E-state index contributed by atoms with van der Waals surface area (Å²) >= 11 is 1.71. The Morgan fingerprint density at radius 2 is 2.19 bits per heavy atom. The van der Waals surface area contributed by atoms with E-state index < -0.39 is 11.9 Å². The zero-order chi connectivity index (χ0) is 14.1. The van der Waals surface area contributed by atoms with Gasteiger partial charge in [-0.15, -0.1) is 11.3 Å². The molecule has 3 rings (SSSR count). The van der Waals surface area contributed by atoms with E-state index in [0.717, 1.165) is 6.54 Å². The van der Waals surface area contributed by atoms with Gasteiger partial charge < -0.3 is 15.0 Å². The van der Waals surface area contributed by atoms with Crippen LogP contribution in [0.5, 0.6) is 0 Å². The molecule has 1 aromatic heterocycles. The van der Waals surface area contributed by atoms with Gasteiger partial charge in [-0.1, -0.05) is 18.2 Å². The summed E-state index contributed by atoms with van der Waals surface area (Å²) in [6.07, 6.45) is 0. The average Bonchev–Trinajstić information content (AvgIpc) is 3.05. The molecular formula is C15H16KNO3S. The molecule has 2 atom stereocenters. The summed E-state index contributed by atoms with van der Waals surface area (Å²) in [6.45, 7) is 1.68. The largest absolute Gasteiger partial charge is 1.00 e. The van der Waals surface area contributed by atoms with Crippen molar-refractivity contribution in [1.29, 1.82) is 0 Å².